The van der Waals surface area contributed by atoms with E-state index in [-0.39, 0.29) is 0 Å². The first-order chi connectivity index (χ1) is 3.84. The van der Waals surface area contributed by atoms with Crippen molar-refractivity contribution in [1.29, 1.82) is 0 Å². The summed E-state index contributed by atoms with van der Waals surface area (Å²) in [4.78, 5) is 2.53. The van der Waals surface area contributed by atoms with Crippen LogP contribution in [0.3, 0.4) is 0 Å². The first-order valence-corrected chi connectivity index (χ1v) is 3.58. The van der Waals surface area contributed by atoms with Gasteiger partial charge in [-0.1, -0.05) is 6.92 Å². The van der Waals surface area contributed by atoms with Gasteiger partial charge < -0.3 is 4.90 Å². The van der Waals surface area contributed by atoms with Crippen molar-refractivity contribution >= 4 is 0 Å². The maximum Gasteiger partial charge on any atom is 0.00643 e. The molecule has 1 heterocycles. The Morgan fingerprint density at radius 1 is 1.50 bits per heavy atom. The van der Waals surface area contributed by atoms with Crippen molar-refractivity contribution in [1.82, 2.24) is 4.90 Å². The number of likely N-dealkylation sites (tertiary alicyclic amines) is 1. The molecule has 0 aliphatic carbocycles. The third-order valence-electron chi connectivity index (χ3n) is 2.10. The first-order valence-electron chi connectivity index (χ1n) is 3.58. The van der Waals surface area contributed by atoms with Crippen molar-refractivity contribution in [2.75, 3.05) is 13.1 Å². The zero-order valence-corrected chi connectivity index (χ0v) is 5.85. The molecule has 1 aliphatic heterocycles. The fourth-order valence-electron chi connectivity index (χ4n) is 1.04. The lowest BCUT2D eigenvalue weighted by atomic mass is 10.1. The molecule has 0 aromatic carbocycles. The summed E-state index contributed by atoms with van der Waals surface area (Å²) in [6, 6.07) is 0.837. The number of nitrogens with zero attached hydrogens (tertiary/aromatic N) is 1. The van der Waals surface area contributed by atoms with E-state index in [1.54, 1.807) is 0 Å². The Morgan fingerprint density at radius 3 is 2.25 bits per heavy atom. The highest BCUT2D eigenvalue weighted by Gasteiger charge is 2.17. The molecule has 48 valence electrons. The van der Waals surface area contributed by atoms with Gasteiger partial charge in [-0.25, -0.2) is 0 Å². The van der Waals surface area contributed by atoms with E-state index in [4.69, 9.17) is 0 Å². The minimum atomic E-state index is 0.837. The molecule has 0 saturated carbocycles. The second kappa shape index (κ2) is 2.49. The van der Waals surface area contributed by atoms with Crippen molar-refractivity contribution in [2.24, 2.45) is 0 Å². The Labute approximate surface area is 51.7 Å². The lowest BCUT2D eigenvalue weighted by molar-refractivity contribution is 0.125. The fourth-order valence-corrected chi connectivity index (χ4v) is 1.04. The summed E-state index contributed by atoms with van der Waals surface area (Å²) in [5.74, 6) is 0. The molecular weight excluding hydrogens is 98.1 g/mol. The fraction of sp³-hybridized carbons (Fsp3) is 1.00. The van der Waals surface area contributed by atoms with Gasteiger partial charge in [-0.2, -0.15) is 0 Å². The maximum atomic E-state index is 2.53. The van der Waals surface area contributed by atoms with Crippen LogP contribution in [-0.2, 0) is 0 Å². The normalized spacial score (nSPS) is 24.8. The maximum absolute atomic E-state index is 2.53. The molecule has 0 bridgehead atoms. The average Bonchev–Trinajstić information content (AvgIpc) is 1.62. The molecular formula is C7H15N. The predicted octanol–water partition coefficient (Wildman–Crippen LogP) is 1.49. The SMILES string of the molecule is CC[C@H](C)N1CCC1. The van der Waals surface area contributed by atoms with Crippen LogP contribution < -0.4 is 0 Å². The molecule has 1 rings (SSSR count). The summed E-state index contributed by atoms with van der Waals surface area (Å²) in [6.07, 6.45) is 2.73. The van der Waals surface area contributed by atoms with Crippen LogP contribution in [0.25, 0.3) is 0 Å². The molecule has 1 fully saturated rings. The second-order valence-electron chi connectivity index (χ2n) is 2.65. The molecule has 0 aromatic heterocycles. The number of hydrogen-bond donors (Lipinski definition) is 0. The van der Waals surface area contributed by atoms with Gasteiger partial charge in [0.05, 0.1) is 0 Å². The van der Waals surface area contributed by atoms with Crippen LogP contribution >= 0.6 is 0 Å². The van der Waals surface area contributed by atoms with Gasteiger partial charge in [0.25, 0.3) is 0 Å². The van der Waals surface area contributed by atoms with E-state index in [9.17, 15) is 0 Å². The number of hydrogen-bond acceptors (Lipinski definition) is 1. The summed E-state index contributed by atoms with van der Waals surface area (Å²) in [5.41, 5.74) is 0. The Balaban J connectivity index is 2.13. The Bertz CT molecular complexity index is 64.0. The third kappa shape index (κ3) is 1.03. The summed E-state index contributed by atoms with van der Waals surface area (Å²) >= 11 is 0. The molecule has 1 nitrogen and oxygen atoms in total. The van der Waals surface area contributed by atoms with E-state index in [1.165, 1.54) is 25.9 Å². The molecule has 1 saturated heterocycles. The molecule has 8 heavy (non-hydrogen) atoms. The summed E-state index contributed by atoms with van der Waals surface area (Å²) in [6.45, 7) is 7.24. The van der Waals surface area contributed by atoms with Gasteiger partial charge in [-0.15, -0.1) is 0 Å². The Morgan fingerprint density at radius 2 is 2.12 bits per heavy atom. The quantitative estimate of drug-likeness (QED) is 0.524. The number of rotatable bonds is 2. The average molecular weight is 113 g/mol. The van der Waals surface area contributed by atoms with Gasteiger partial charge in [0.15, 0.2) is 0 Å². The molecule has 0 radical (unpaired) electrons. The van der Waals surface area contributed by atoms with Crippen molar-refractivity contribution in [3.63, 3.8) is 0 Å². The lowest BCUT2D eigenvalue weighted by Gasteiger charge is -2.35. The van der Waals surface area contributed by atoms with Crippen molar-refractivity contribution in [2.45, 2.75) is 32.7 Å². The molecule has 0 aromatic rings. The minimum Gasteiger partial charge on any atom is -0.301 e. The van der Waals surface area contributed by atoms with Crippen LogP contribution in [0.2, 0.25) is 0 Å². The summed E-state index contributed by atoms with van der Waals surface area (Å²) in [5, 5.41) is 0. The highest BCUT2D eigenvalue weighted by molar-refractivity contribution is 4.73. The highest BCUT2D eigenvalue weighted by Crippen LogP contribution is 2.12. The van der Waals surface area contributed by atoms with E-state index >= 15 is 0 Å². The van der Waals surface area contributed by atoms with E-state index in [0.29, 0.717) is 0 Å². The van der Waals surface area contributed by atoms with Crippen LogP contribution in [0.15, 0.2) is 0 Å². The largest absolute Gasteiger partial charge is 0.301 e. The van der Waals surface area contributed by atoms with Gasteiger partial charge in [0, 0.05) is 6.04 Å². The zero-order valence-electron chi connectivity index (χ0n) is 5.85. The van der Waals surface area contributed by atoms with Crippen molar-refractivity contribution < 1.29 is 0 Å². The third-order valence-corrected chi connectivity index (χ3v) is 2.10. The van der Waals surface area contributed by atoms with Gasteiger partial charge in [0.2, 0.25) is 0 Å². The van der Waals surface area contributed by atoms with Crippen LogP contribution in [0.5, 0.6) is 0 Å². The monoisotopic (exact) mass is 113 g/mol. The van der Waals surface area contributed by atoms with Crippen molar-refractivity contribution in [3.05, 3.63) is 0 Å². The van der Waals surface area contributed by atoms with Crippen LogP contribution in [-0.4, -0.2) is 24.0 Å². The summed E-state index contributed by atoms with van der Waals surface area (Å²) < 4.78 is 0. The van der Waals surface area contributed by atoms with Crippen LogP contribution in [0.1, 0.15) is 26.7 Å². The molecule has 0 N–H and O–H groups in total. The lowest BCUT2D eigenvalue weighted by Crippen LogP contribution is -2.43. The molecule has 1 atom stereocenters. The van der Waals surface area contributed by atoms with Gasteiger partial charge >= 0.3 is 0 Å². The topological polar surface area (TPSA) is 3.24 Å². The molecule has 1 heteroatoms. The minimum absolute atomic E-state index is 0.837. The Kier molecular flexibility index (Phi) is 1.90. The zero-order chi connectivity index (χ0) is 5.98. The predicted molar refractivity (Wildman–Crippen MR) is 35.9 cm³/mol. The molecule has 0 amide bonds. The smallest absolute Gasteiger partial charge is 0.00643 e. The van der Waals surface area contributed by atoms with E-state index < -0.39 is 0 Å². The van der Waals surface area contributed by atoms with E-state index in [1.807, 2.05) is 0 Å². The van der Waals surface area contributed by atoms with Crippen LogP contribution in [0, 0.1) is 0 Å². The molecule has 1 aliphatic rings. The van der Waals surface area contributed by atoms with E-state index in [0.717, 1.165) is 6.04 Å². The summed E-state index contributed by atoms with van der Waals surface area (Å²) in [7, 11) is 0. The van der Waals surface area contributed by atoms with Crippen LogP contribution in [0.4, 0.5) is 0 Å². The van der Waals surface area contributed by atoms with Gasteiger partial charge in [-0.05, 0) is 32.9 Å². The Hall–Kier alpha value is -0.0400. The highest BCUT2D eigenvalue weighted by atomic mass is 15.2. The van der Waals surface area contributed by atoms with Crippen molar-refractivity contribution in [3.8, 4) is 0 Å². The standard InChI is InChI=1S/C7H15N/c1-3-7(2)8-5-4-6-8/h7H,3-6H2,1-2H3/t7-/m0/s1. The molecule has 0 unspecified atom stereocenters. The first kappa shape index (κ1) is 6.09. The second-order valence-corrected chi connectivity index (χ2v) is 2.65. The molecule has 0 spiro atoms. The van der Waals surface area contributed by atoms with E-state index in [2.05, 4.69) is 18.7 Å². The van der Waals surface area contributed by atoms with Gasteiger partial charge in [0.1, 0.15) is 0 Å². The van der Waals surface area contributed by atoms with Gasteiger partial charge in [-0.3, -0.25) is 0 Å².